The molecule has 2 heteroatoms. The predicted octanol–water partition coefficient (Wildman–Crippen LogP) is 1.31. The fourth-order valence-electron chi connectivity index (χ4n) is 0.652. The molecule has 1 aromatic heterocycles. The molecule has 0 atom stereocenters. The number of pyridine rings is 1. The SMILES string of the molecule is CN(C)/C=[C]/c1ccncc1. The molecule has 0 saturated heterocycles. The van der Waals surface area contributed by atoms with Crippen molar-refractivity contribution in [2.75, 3.05) is 14.1 Å². The maximum atomic E-state index is 3.90. The van der Waals surface area contributed by atoms with Crippen molar-refractivity contribution in [2.24, 2.45) is 0 Å². The second kappa shape index (κ2) is 3.76. The van der Waals surface area contributed by atoms with Gasteiger partial charge >= 0.3 is 0 Å². The molecule has 1 radical (unpaired) electrons. The molecule has 0 saturated carbocycles. The van der Waals surface area contributed by atoms with Gasteiger partial charge in [-0.25, -0.2) is 0 Å². The molecular formula is C9H11N2. The average Bonchev–Trinajstić information content (AvgIpc) is 2.03. The second-order valence-corrected chi connectivity index (χ2v) is 2.47. The van der Waals surface area contributed by atoms with Gasteiger partial charge < -0.3 is 4.90 Å². The average molecular weight is 147 g/mol. The van der Waals surface area contributed by atoms with E-state index in [9.17, 15) is 0 Å². The minimum atomic E-state index is 1.05. The molecule has 0 amide bonds. The first kappa shape index (κ1) is 7.79. The Bertz CT molecular complexity index is 227. The molecule has 0 unspecified atom stereocenters. The molecule has 0 aliphatic heterocycles. The molecule has 1 heterocycles. The molecule has 0 bridgehead atoms. The van der Waals surface area contributed by atoms with E-state index in [-0.39, 0.29) is 0 Å². The monoisotopic (exact) mass is 147 g/mol. The molecule has 1 aromatic rings. The van der Waals surface area contributed by atoms with E-state index in [1.54, 1.807) is 12.4 Å². The van der Waals surface area contributed by atoms with Crippen LogP contribution in [0.1, 0.15) is 5.56 Å². The maximum Gasteiger partial charge on any atom is 0.0273 e. The van der Waals surface area contributed by atoms with Gasteiger partial charge in [-0.05, 0) is 17.7 Å². The highest BCUT2D eigenvalue weighted by molar-refractivity contribution is 5.17. The van der Waals surface area contributed by atoms with Crippen molar-refractivity contribution in [1.82, 2.24) is 9.88 Å². The minimum absolute atomic E-state index is 1.05. The van der Waals surface area contributed by atoms with Gasteiger partial charge in [0.1, 0.15) is 0 Å². The molecule has 0 aliphatic rings. The van der Waals surface area contributed by atoms with Crippen LogP contribution in [0.3, 0.4) is 0 Å². The van der Waals surface area contributed by atoms with Gasteiger partial charge in [-0.3, -0.25) is 4.98 Å². The third-order valence-electron chi connectivity index (χ3n) is 1.17. The molecule has 11 heavy (non-hydrogen) atoms. The Morgan fingerprint density at radius 3 is 2.55 bits per heavy atom. The van der Waals surface area contributed by atoms with Crippen molar-refractivity contribution in [3.8, 4) is 0 Å². The second-order valence-electron chi connectivity index (χ2n) is 2.47. The maximum absolute atomic E-state index is 3.90. The summed E-state index contributed by atoms with van der Waals surface area (Å²) < 4.78 is 0. The van der Waals surface area contributed by atoms with Gasteiger partial charge in [-0.15, -0.1) is 0 Å². The van der Waals surface area contributed by atoms with Crippen LogP contribution >= 0.6 is 0 Å². The summed E-state index contributed by atoms with van der Waals surface area (Å²) in [4.78, 5) is 5.85. The normalized spacial score (nSPS) is 10.4. The number of rotatable bonds is 2. The molecule has 57 valence electrons. The molecule has 0 spiro atoms. The molecule has 0 N–H and O–H groups in total. The van der Waals surface area contributed by atoms with Crippen molar-refractivity contribution in [1.29, 1.82) is 0 Å². The summed E-state index contributed by atoms with van der Waals surface area (Å²) in [7, 11) is 3.93. The Kier molecular flexibility index (Phi) is 2.66. The first-order valence-corrected chi connectivity index (χ1v) is 3.45. The fourth-order valence-corrected chi connectivity index (χ4v) is 0.652. The van der Waals surface area contributed by atoms with Crippen molar-refractivity contribution in [2.45, 2.75) is 0 Å². The highest BCUT2D eigenvalue weighted by Gasteiger charge is 1.83. The largest absolute Gasteiger partial charge is 0.383 e. The van der Waals surface area contributed by atoms with Crippen molar-refractivity contribution < 1.29 is 0 Å². The summed E-state index contributed by atoms with van der Waals surface area (Å²) in [5, 5.41) is 0. The quantitative estimate of drug-likeness (QED) is 0.627. The number of hydrogen-bond donors (Lipinski definition) is 0. The Morgan fingerprint density at radius 1 is 1.36 bits per heavy atom. The van der Waals surface area contributed by atoms with Crippen molar-refractivity contribution >= 4 is 0 Å². The van der Waals surface area contributed by atoms with E-state index in [0.717, 1.165) is 5.56 Å². The first-order valence-electron chi connectivity index (χ1n) is 3.45. The summed E-state index contributed by atoms with van der Waals surface area (Å²) in [6, 6.07) is 3.83. The third-order valence-corrected chi connectivity index (χ3v) is 1.17. The van der Waals surface area contributed by atoms with Gasteiger partial charge in [0.2, 0.25) is 0 Å². The standard InChI is InChI=1S/C9H11N2/c1-11(2)8-5-9-3-6-10-7-4-9/h3-4,6-8H,1-2H3. The van der Waals surface area contributed by atoms with E-state index in [4.69, 9.17) is 0 Å². The van der Waals surface area contributed by atoms with Crippen LogP contribution in [0.5, 0.6) is 0 Å². The van der Waals surface area contributed by atoms with E-state index in [1.807, 2.05) is 37.3 Å². The minimum Gasteiger partial charge on any atom is -0.383 e. The lowest BCUT2D eigenvalue weighted by Gasteiger charge is -2.01. The first-order chi connectivity index (χ1) is 5.29. The third kappa shape index (κ3) is 2.85. The van der Waals surface area contributed by atoms with Gasteiger partial charge in [-0.1, -0.05) is 0 Å². The zero-order valence-corrected chi connectivity index (χ0v) is 6.78. The summed E-state index contributed by atoms with van der Waals surface area (Å²) >= 11 is 0. The van der Waals surface area contributed by atoms with Crippen LogP contribution < -0.4 is 0 Å². The van der Waals surface area contributed by atoms with E-state index < -0.39 is 0 Å². The number of aromatic nitrogens is 1. The summed E-state index contributed by atoms with van der Waals surface area (Å²) in [6.07, 6.45) is 8.50. The van der Waals surface area contributed by atoms with Gasteiger partial charge in [-0.2, -0.15) is 0 Å². The van der Waals surface area contributed by atoms with E-state index in [1.165, 1.54) is 0 Å². The Balaban J connectivity index is 2.65. The van der Waals surface area contributed by atoms with Crippen LogP contribution in [0.25, 0.3) is 0 Å². The molecule has 0 aromatic carbocycles. The summed E-state index contributed by atoms with van der Waals surface area (Å²) in [6.45, 7) is 0. The Morgan fingerprint density at radius 2 is 2.00 bits per heavy atom. The molecule has 1 rings (SSSR count). The topological polar surface area (TPSA) is 16.1 Å². The highest BCUT2D eigenvalue weighted by Crippen LogP contribution is 1.95. The zero-order valence-electron chi connectivity index (χ0n) is 6.78. The fraction of sp³-hybridized carbons (Fsp3) is 0.222. The van der Waals surface area contributed by atoms with Crippen LogP contribution in [-0.4, -0.2) is 24.0 Å². The molecule has 2 nitrogen and oxygen atoms in total. The highest BCUT2D eigenvalue weighted by atomic mass is 15.0. The Hall–Kier alpha value is -1.31. The van der Waals surface area contributed by atoms with Crippen molar-refractivity contribution in [3.63, 3.8) is 0 Å². The lowest BCUT2D eigenvalue weighted by atomic mass is 10.3. The zero-order chi connectivity index (χ0) is 8.10. The Labute approximate surface area is 67.2 Å². The molecule has 0 fully saturated rings. The van der Waals surface area contributed by atoms with E-state index in [0.29, 0.717) is 0 Å². The van der Waals surface area contributed by atoms with Crippen LogP contribution in [0.4, 0.5) is 0 Å². The molecular weight excluding hydrogens is 136 g/mol. The number of hydrogen-bond acceptors (Lipinski definition) is 2. The van der Waals surface area contributed by atoms with E-state index >= 15 is 0 Å². The van der Waals surface area contributed by atoms with Crippen LogP contribution in [-0.2, 0) is 0 Å². The van der Waals surface area contributed by atoms with Gasteiger partial charge in [0.05, 0.1) is 0 Å². The summed E-state index contributed by atoms with van der Waals surface area (Å²) in [5.74, 6) is 0. The summed E-state index contributed by atoms with van der Waals surface area (Å²) in [5.41, 5.74) is 1.05. The van der Waals surface area contributed by atoms with Gasteiger partial charge in [0, 0.05) is 38.8 Å². The van der Waals surface area contributed by atoms with E-state index in [2.05, 4.69) is 11.1 Å². The van der Waals surface area contributed by atoms with Crippen LogP contribution in [0.2, 0.25) is 0 Å². The van der Waals surface area contributed by atoms with Crippen molar-refractivity contribution in [3.05, 3.63) is 42.4 Å². The molecule has 0 aliphatic carbocycles. The lowest BCUT2D eigenvalue weighted by Crippen LogP contribution is -2.00. The van der Waals surface area contributed by atoms with Gasteiger partial charge in [0.25, 0.3) is 0 Å². The van der Waals surface area contributed by atoms with Crippen LogP contribution in [0.15, 0.2) is 30.7 Å². The van der Waals surface area contributed by atoms with Gasteiger partial charge in [0.15, 0.2) is 0 Å². The smallest absolute Gasteiger partial charge is 0.0273 e. The van der Waals surface area contributed by atoms with Crippen LogP contribution in [0, 0.1) is 6.08 Å². The number of nitrogens with zero attached hydrogens (tertiary/aromatic N) is 2. The predicted molar refractivity (Wildman–Crippen MR) is 44.8 cm³/mol. The lowest BCUT2D eigenvalue weighted by molar-refractivity contribution is 0.561.